The van der Waals surface area contributed by atoms with Gasteiger partial charge in [0.1, 0.15) is 4.88 Å². The van der Waals surface area contributed by atoms with Crippen molar-refractivity contribution < 1.29 is 15.0 Å². The highest BCUT2D eigenvalue weighted by Gasteiger charge is 2.16. The molecule has 1 amide bonds. The zero-order valence-corrected chi connectivity index (χ0v) is 14.3. The molecule has 0 atom stereocenters. The highest BCUT2D eigenvalue weighted by molar-refractivity contribution is 7.21. The van der Waals surface area contributed by atoms with Crippen molar-refractivity contribution in [3.8, 4) is 11.5 Å². The second kappa shape index (κ2) is 6.68. The number of phenols is 2. The van der Waals surface area contributed by atoms with Gasteiger partial charge < -0.3 is 10.2 Å². The zero-order chi connectivity index (χ0) is 17.3. The summed E-state index contributed by atoms with van der Waals surface area (Å²) in [5, 5.41) is 24.1. The number of benzene rings is 2. The van der Waals surface area contributed by atoms with E-state index < -0.39 is 5.91 Å². The molecule has 3 N–H and O–H groups in total. The minimum atomic E-state index is -0.448. The summed E-state index contributed by atoms with van der Waals surface area (Å²) < 4.78 is 0.810. The van der Waals surface area contributed by atoms with Gasteiger partial charge in [-0.15, -0.1) is 11.3 Å². The van der Waals surface area contributed by atoms with E-state index in [4.69, 9.17) is 23.2 Å². The largest absolute Gasteiger partial charge is 0.504 e. The first-order valence-corrected chi connectivity index (χ1v) is 8.26. The molecule has 0 bridgehead atoms. The van der Waals surface area contributed by atoms with Crippen molar-refractivity contribution in [2.75, 3.05) is 0 Å². The summed E-state index contributed by atoms with van der Waals surface area (Å²) in [7, 11) is 0. The fraction of sp³-hybridized carbons (Fsp3) is 0. The summed E-state index contributed by atoms with van der Waals surface area (Å²) in [5.74, 6) is -0.946. The average Bonchev–Trinajstić information content (AvgIpc) is 2.87. The molecule has 1 heterocycles. The van der Waals surface area contributed by atoms with Gasteiger partial charge >= 0.3 is 0 Å². The molecular weight excluding hydrogens is 371 g/mol. The van der Waals surface area contributed by atoms with Crippen LogP contribution in [0, 0.1) is 0 Å². The molecule has 0 aliphatic carbocycles. The number of hydrogen-bond acceptors (Lipinski definition) is 5. The van der Waals surface area contributed by atoms with Gasteiger partial charge in [-0.1, -0.05) is 29.3 Å². The first-order chi connectivity index (χ1) is 11.5. The SMILES string of the molecule is O=C(NN=Cc1ccc(O)c(O)c1)c1sc2cc(Cl)ccc2c1Cl. The van der Waals surface area contributed by atoms with Crippen LogP contribution >= 0.6 is 34.5 Å². The normalized spacial score (nSPS) is 11.2. The Morgan fingerprint density at radius 3 is 2.67 bits per heavy atom. The molecule has 0 radical (unpaired) electrons. The van der Waals surface area contributed by atoms with Gasteiger partial charge in [0.15, 0.2) is 11.5 Å². The lowest BCUT2D eigenvalue weighted by atomic mass is 10.2. The summed E-state index contributed by atoms with van der Waals surface area (Å²) in [5.41, 5.74) is 2.89. The first kappa shape index (κ1) is 16.6. The number of carbonyl (C=O) groups excluding carboxylic acids is 1. The number of halogens is 2. The first-order valence-electron chi connectivity index (χ1n) is 6.68. The standard InChI is InChI=1S/C16H10Cl2N2O3S/c17-9-2-3-10-13(6-9)24-15(14(10)18)16(23)20-19-7-8-1-4-11(21)12(22)5-8/h1-7,21-22H,(H,20,23). The highest BCUT2D eigenvalue weighted by atomic mass is 35.5. The minimum Gasteiger partial charge on any atom is -0.504 e. The maximum Gasteiger partial charge on any atom is 0.283 e. The number of nitrogens with zero attached hydrogens (tertiary/aromatic N) is 1. The van der Waals surface area contributed by atoms with Crippen LogP contribution < -0.4 is 5.43 Å². The number of hydrogen-bond donors (Lipinski definition) is 3. The number of rotatable bonds is 3. The van der Waals surface area contributed by atoms with E-state index in [1.165, 1.54) is 29.7 Å². The minimum absolute atomic E-state index is 0.230. The van der Waals surface area contributed by atoms with E-state index >= 15 is 0 Å². The van der Waals surface area contributed by atoms with Gasteiger partial charge in [-0.3, -0.25) is 4.79 Å². The maximum absolute atomic E-state index is 12.2. The van der Waals surface area contributed by atoms with E-state index in [-0.39, 0.29) is 11.5 Å². The zero-order valence-electron chi connectivity index (χ0n) is 12.0. The van der Waals surface area contributed by atoms with E-state index in [0.29, 0.717) is 20.5 Å². The Labute approximate surface area is 150 Å². The Morgan fingerprint density at radius 1 is 1.12 bits per heavy atom. The van der Waals surface area contributed by atoms with Crippen LogP contribution in [0.3, 0.4) is 0 Å². The molecule has 3 rings (SSSR count). The number of thiophene rings is 1. The summed E-state index contributed by atoms with van der Waals surface area (Å²) in [6, 6.07) is 9.39. The molecule has 5 nitrogen and oxygen atoms in total. The molecule has 8 heteroatoms. The van der Waals surface area contributed by atoms with Gasteiger partial charge in [0.25, 0.3) is 5.91 Å². The Bertz CT molecular complexity index is 969. The number of phenolic OH excluding ortho intramolecular Hbond substituents is 2. The van der Waals surface area contributed by atoms with Crippen LogP contribution in [-0.4, -0.2) is 22.3 Å². The third-order valence-electron chi connectivity index (χ3n) is 3.18. The van der Waals surface area contributed by atoms with Gasteiger partial charge in [0, 0.05) is 15.1 Å². The Kier molecular flexibility index (Phi) is 4.62. The summed E-state index contributed by atoms with van der Waals surface area (Å²) in [6.07, 6.45) is 1.34. The third-order valence-corrected chi connectivity index (χ3v) is 5.07. The van der Waals surface area contributed by atoms with E-state index in [1.54, 1.807) is 24.3 Å². The van der Waals surface area contributed by atoms with Crippen LogP contribution in [0.4, 0.5) is 0 Å². The molecule has 24 heavy (non-hydrogen) atoms. The molecule has 0 spiro atoms. The topological polar surface area (TPSA) is 81.9 Å². The number of hydrazone groups is 1. The Hall–Kier alpha value is -2.28. The Morgan fingerprint density at radius 2 is 1.92 bits per heavy atom. The maximum atomic E-state index is 12.2. The third kappa shape index (κ3) is 3.31. The van der Waals surface area contributed by atoms with Crippen molar-refractivity contribution in [3.05, 3.63) is 56.9 Å². The number of nitrogens with one attached hydrogen (secondary N) is 1. The summed E-state index contributed by atoms with van der Waals surface area (Å²) in [6.45, 7) is 0. The number of carbonyl (C=O) groups is 1. The van der Waals surface area contributed by atoms with Crippen molar-refractivity contribution in [1.29, 1.82) is 0 Å². The lowest BCUT2D eigenvalue weighted by Gasteiger charge is -1.99. The molecule has 122 valence electrons. The van der Waals surface area contributed by atoms with Crippen LogP contribution in [0.5, 0.6) is 11.5 Å². The number of amides is 1. The number of aromatic hydroxyl groups is 2. The van der Waals surface area contributed by atoms with Gasteiger partial charge in [0.05, 0.1) is 11.2 Å². The summed E-state index contributed by atoms with van der Waals surface area (Å²) >= 11 is 13.4. The molecule has 3 aromatic rings. The van der Waals surface area contributed by atoms with Crippen LogP contribution in [0.2, 0.25) is 10.0 Å². The van der Waals surface area contributed by atoms with Gasteiger partial charge in [0.2, 0.25) is 0 Å². The molecule has 0 aliphatic rings. The van der Waals surface area contributed by atoms with Crippen molar-refractivity contribution in [3.63, 3.8) is 0 Å². The van der Waals surface area contributed by atoms with Gasteiger partial charge in [-0.2, -0.15) is 5.10 Å². The van der Waals surface area contributed by atoms with Crippen LogP contribution in [0.15, 0.2) is 41.5 Å². The molecule has 0 saturated heterocycles. The van der Waals surface area contributed by atoms with Crippen molar-refractivity contribution in [2.24, 2.45) is 5.10 Å². The molecular formula is C16H10Cl2N2O3S. The van der Waals surface area contributed by atoms with Crippen LogP contribution in [0.1, 0.15) is 15.2 Å². The van der Waals surface area contributed by atoms with E-state index in [9.17, 15) is 15.0 Å². The van der Waals surface area contributed by atoms with Crippen molar-refractivity contribution in [2.45, 2.75) is 0 Å². The van der Waals surface area contributed by atoms with Gasteiger partial charge in [-0.05, 0) is 35.9 Å². The molecule has 0 saturated carbocycles. The highest BCUT2D eigenvalue weighted by Crippen LogP contribution is 2.36. The lowest BCUT2D eigenvalue weighted by molar-refractivity contribution is 0.0959. The quantitative estimate of drug-likeness (QED) is 0.358. The lowest BCUT2D eigenvalue weighted by Crippen LogP contribution is -2.16. The van der Waals surface area contributed by atoms with Crippen molar-refractivity contribution >= 4 is 56.7 Å². The second-order valence-corrected chi connectivity index (χ2v) is 6.70. The van der Waals surface area contributed by atoms with Gasteiger partial charge in [-0.25, -0.2) is 5.43 Å². The Balaban J connectivity index is 1.78. The monoisotopic (exact) mass is 380 g/mol. The second-order valence-electron chi connectivity index (χ2n) is 4.83. The predicted molar refractivity (Wildman–Crippen MR) is 96.7 cm³/mol. The van der Waals surface area contributed by atoms with E-state index in [2.05, 4.69) is 10.5 Å². The van der Waals surface area contributed by atoms with Crippen LogP contribution in [-0.2, 0) is 0 Å². The number of fused-ring (bicyclic) bond motifs is 1. The van der Waals surface area contributed by atoms with E-state index in [0.717, 1.165) is 10.1 Å². The smallest absolute Gasteiger partial charge is 0.283 e. The predicted octanol–water partition coefficient (Wildman–Crippen LogP) is 4.38. The molecule has 0 unspecified atom stereocenters. The van der Waals surface area contributed by atoms with Crippen molar-refractivity contribution in [1.82, 2.24) is 5.43 Å². The molecule has 0 aliphatic heterocycles. The summed E-state index contributed by atoms with van der Waals surface area (Å²) in [4.78, 5) is 12.5. The van der Waals surface area contributed by atoms with Crippen LogP contribution in [0.25, 0.3) is 10.1 Å². The fourth-order valence-corrected chi connectivity index (χ4v) is 3.70. The molecule has 0 fully saturated rings. The average molecular weight is 381 g/mol. The molecule has 2 aromatic carbocycles. The fourth-order valence-electron chi connectivity index (χ4n) is 2.02. The van der Waals surface area contributed by atoms with E-state index in [1.807, 2.05) is 0 Å². The molecule has 1 aromatic heterocycles.